The molecular weight excluding hydrogens is 469 g/mol. The Hall–Kier alpha value is -3.25. The average Bonchev–Trinajstić information content (AvgIpc) is 3.13. The molecule has 0 N–H and O–H groups in total. The molecule has 0 atom stereocenters. The fourth-order valence-corrected chi connectivity index (χ4v) is 5.17. The number of halogens is 2. The molecule has 3 aromatic carbocycles. The number of carbonyl (C=O) groups is 1. The minimum absolute atomic E-state index is 0.0425. The van der Waals surface area contributed by atoms with E-state index >= 15 is 0 Å². The third-order valence-electron chi connectivity index (χ3n) is 6.37. The van der Waals surface area contributed by atoms with Crippen molar-refractivity contribution in [2.24, 2.45) is 0 Å². The highest BCUT2D eigenvalue weighted by Crippen LogP contribution is 2.45. The highest BCUT2D eigenvalue weighted by atomic mass is 79.9. The normalized spacial score (nSPS) is 15.2. The van der Waals surface area contributed by atoms with E-state index in [0.29, 0.717) is 5.56 Å². The number of benzene rings is 3. The first-order valence-electron chi connectivity index (χ1n) is 10.6. The first kappa shape index (κ1) is 19.4. The Balaban J connectivity index is 1.43. The van der Waals surface area contributed by atoms with Crippen molar-refractivity contribution < 1.29 is 9.18 Å². The van der Waals surface area contributed by atoms with Crippen molar-refractivity contribution in [1.82, 2.24) is 4.98 Å². The van der Waals surface area contributed by atoms with Crippen molar-refractivity contribution in [3.05, 3.63) is 88.1 Å². The van der Waals surface area contributed by atoms with Gasteiger partial charge in [0.25, 0.3) is 0 Å². The number of aromatic nitrogens is 1. The predicted octanol–water partition coefficient (Wildman–Crippen LogP) is 5.67. The minimum atomic E-state index is -0.229. The summed E-state index contributed by atoms with van der Waals surface area (Å²) in [4.78, 5) is 22.9. The van der Waals surface area contributed by atoms with Crippen LogP contribution in [0, 0.1) is 5.82 Å². The van der Waals surface area contributed by atoms with Gasteiger partial charge in [0.05, 0.1) is 11.1 Å². The molecule has 2 heterocycles. The van der Waals surface area contributed by atoms with E-state index in [1.165, 1.54) is 12.1 Å². The summed E-state index contributed by atoms with van der Waals surface area (Å²) in [6, 6.07) is 20.5. The third-order valence-corrected chi connectivity index (χ3v) is 6.86. The van der Waals surface area contributed by atoms with Crippen molar-refractivity contribution in [2.45, 2.75) is 0 Å². The van der Waals surface area contributed by atoms with E-state index < -0.39 is 0 Å². The second kappa shape index (κ2) is 7.41. The maximum atomic E-state index is 13.5. The first-order chi connectivity index (χ1) is 15.6. The molecule has 0 unspecified atom stereocenters. The van der Waals surface area contributed by atoms with E-state index in [9.17, 15) is 9.18 Å². The Kier molecular flexibility index (Phi) is 4.50. The van der Waals surface area contributed by atoms with Gasteiger partial charge in [-0.25, -0.2) is 9.37 Å². The molecule has 4 aromatic rings. The fraction of sp³-hybridized carbons (Fsp3) is 0.154. The van der Waals surface area contributed by atoms with Crippen molar-refractivity contribution in [2.75, 3.05) is 36.0 Å². The lowest BCUT2D eigenvalue weighted by Crippen LogP contribution is -2.47. The number of hydrogen-bond donors (Lipinski definition) is 0. The van der Waals surface area contributed by atoms with E-state index in [-0.39, 0.29) is 11.6 Å². The van der Waals surface area contributed by atoms with Gasteiger partial charge in [-0.3, -0.25) is 4.79 Å². The molecule has 2 aliphatic rings. The standard InChI is InChI=1S/C26H19BrFN3O/c27-16-5-10-22-21(15-16)23-19-3-1-2-4-20(19)25(32)24(23)26(29-22)31-13-11-30(12-14-31)18-8-6-17(28)7-9-18/h1-10,15H,11-14H2. The minimum Gasteiger partial charge on any atom is -0.368 e. The quantitative estimate of drug-likeness (QED) is 0.321. The van der Waals surface area contributed by atoms with E-state index in [1.54, 1.807) is 0 Å². The van der Waals surface area contributed by atoms with Crippen LogP contribution in [0.3, 0.4) is 0 Å². The van der Waals surface area contributed by atoms with Gasteiger partial charge in [-0.15, -0.1) is 0 Å². The molecular formula is C26H19BrFN3O. The Morgan fingerprint density at radius 3 is 2.25 bits per heavy atom. The lowest BCUT2D eigenvalue weighted by atomic mass is 10.0. The second-order valence-corrected chi connectivity index (χ2v) is 9.09. The molecule has 1 aliphatic carbocycles. The molecule has 6 heteroatoms. The molecule has 0 bridgehead atoms. The fourth-order valence-electron chi connectivity index (χ4n) is 4.81. The number of rotatable bonds is 2. The maximum Gasteiger partial charge on any atom is 0.198 e. The van der Waals surface area contributed by atoms with E-state index in [0.717, 1.165) is 69.8 Å². The van der Waals surface area contributed by atoms with Gasteiger partial charge in [0.15, 0.2) is 5.78 Å². The van der Waals surface area contributed by atoms with Crippen LogP contribution < -0.4 is 9.80 Å². The van der Waals surface area contributed by atoms with Gasteiger partial charge in [0.1, 0.15) is 11.6 Å². The van der Waals surface area contributed by atoms with Crippen molar-refractivity contribution in [3.8, 4) is 11.1 Å². The molecule has 1 aliphatic heterocycles. The summed E-state index contributed by atoms with van der Waals surface area (Å²) in [7, 11) is 0. The summed E-state index contributed by atoms with van der Waals surface area (Å²) in [5.41, 5.74) is 5.29. The van der Waals surface area contributed by atoms with Crippen LogP contribution in [0.1, 0.15) is 15.9 Å². The highest BCUT2D eigenvalue weighted by Gasteiger charge is 2.34. The number of hydrogen-bond acceptors (Lipinski definition) is 4. The second-order valence-electron chi connectivity index (χ2n) is 8.17. The van der Waals surface area contributed by atoms with Crippen LogP contribution in [0.2, 0.25) is 0 Å². The number of carbonyl (C=O) groups excluding carboxylic acids is 1. The summed E-state index contributed by atoms with van der Waals surface area (Å²) >= 11 is 3.57. The van der Waals surface area contributed by atoms with Crippen molar-refractivity contribution in [1.29, 1.82) is 0 Å². The maximum absolute atomic E-state index is 13.5. The van der Waals surface area contributed by atoms with E-state index in [4.69, 9.17) is 4.98 Å². The predicted molar refractivity (Wildman–Crippen MR) is 129 cm³/mol. The summed E-state index contributed by atoms with van der Waals surface area (Å²) < 4.78 is 14.3. The Bertz CT molecular complexity index is 1380. The van der Waals surface area contributed by atoms with Crippen LogP contribution in [0.25, 0.3) is 22.0 Å². The van der Waals surface area contributed by atoms with Gasteiger partial charge in [0.2, 0.25) is 0 Å². The molecule has 1 saturated heterocycles. The number of ketones is 1. The van der Waals surface area contributed by atoms with Crippen LogP contribution in [0.4, 0.5) is 15.9 Å². The lowest BCUT2D eigenvalue weighted by molar-refractivity contribution is 0.104. The molecule has 0 amide bonds. The summed E-state index contributed by atoms with van der Waals surface area (Å²) in [5.74, 6) is 0.573. The Morgan fingerprint density at radius 2 is 1.50 bits per heavy atom. The summed E-state index contributed by atoms with van der Waals surface area (Å²) in [6.45, 7) is 3.04. The molecule has 158 valence electrons. The van der Waals surface area contributed by atoms with Crippen LogP contribution in [0.15, 0.2) is 71.2 Å². The number of fused-ring (bicyclic) bond motifs is 5. The number of pyridine rings is 1. The van der Waals surface area contributed by atoms with Crippen LogP contribution in [-0.4, -0.2) is 36.9 Å². The molecule has 0 spiro atoms. The topological polar surface area (TPSA) is 36.4 Å². The Morgan fingerprint density at radius 1 is 0.812 bits per heavy atom. The largest absolute Gasteiger partial charge is 0.368 e. The van der Waals surface area contributed by atoms with Gasteiger partial charge in [-0.2, -0.15) is 0 Å². The zero-order valence-corrected chi connectivity index (χ0v) is 18.8. The van der Waals surface area contributed by atoms with Crippen LogP contribution in [-0.2, 0) is 0 Å². The van der Waals surface area contributed by atoms with Gasteiger partial charge in [-0.05, 0) is 48.0 Å². The molecule has 4 nitrogen and oxygen atoms in total. The smallest absolute Gasteiger partial charge is 0.198 e. The number of nitrogens with zero attached hydrogens (tertiary/aromatic N) is 3. The zero-order chi connectivity index (χ0) is 21.8. The Labute approximate surface area is 193 Å². The van der Waals surface area contributed by atoms with Crippen LogP contribution in [0.5, 0.6) is 0 Å². The van der Waals surface area contributed by atoms with Crippen molar-refractivity contribution >= 4 is 44.1 Å². The number of piperazine rings is 1. The first-order valence-corrected chi connectivity index (χ1v) is 11.4. The molecule has 1 aromatic heterocycles. The number of anilines is 2. The van der Waals surface area contributed by atoms with Crippen LogP contribution >= 0.6 is 15.9 Å². The van der Waals surface area contributed by atoms with E-state index in [1.807, 2.05) is 54.6 Å². The zero-order valence-electron chi connectivity index (χ0n) is 17.2. The molecule has 0 saturated carbocycles. The summed E-state index contributed by atoms with van der Waals surface area (Å²) in [5, 5.41) is 0.987. The van der Waals surface area contributed by atoms with Gasteiger partial charge in [0, 0.05) is 52.9 Å². The van der Waals surface area contributed by atoms with Gasteiger partial charge >= 0.3 is 0 Å². The lowest BCUT2D eigenvalue weighted by Gasteiger charge is -2.37. The molecule has 0 radical (unpaired) electrons. The molecule has 1 fully saturated rings. The van der Waals surface area contributed by atoms with Gasteiger partial charge in [-0.1, -0.05) is 40.2 Å². The van der Waals surface area contributed by atoms with Gasteiger partial charge < -0.3 is 9.80 Å². The summed E-state index contributed by atoms with van der Waals surface area (Å²) in [6.07, 6.45) is 0. The SMILES string of the molecule is O=C1c2ccccc2-c2c1c(N1CCN(c3ccc(F)cc3)CC1)nc1ccc(Br)cc21. The monoisotopic (exact) mass is 487 g/mol. The molecule has 6 rings (SSSR count). The van der Waals surface area contributed by atoms with E-state index in [2.05, 4.69) is 25.7 Å². The highest BCUT2D eigenvalue weighted by molar-refractivity contribution is 9.10. The van der Waals surface area contributed by atoms with Crippen molar-refractivity contribution in [3.63, 3.8) is 0 Å². The third kappa shape index (κ3) is 3.01. The molecule has 32 heavy (non-hydrogen) atoms. The average molecular weight is 488 g/mol.